The summed E-state index contributed by atoms with van der Waals surface area (Å²) in [5, 5.41) is 1.27. The third-order valence-corrected chi connectivity index (χ3v) is 4.71. The van der Waals surface area contributed by atoms with Crippen molar-refractivity contribution in [1.82, 2.24) is 0 Å². The first-order chi connectivity index (χ1) is 10.1. The molecule has 1 nitrogen and oxygen atoms in total. The summed E-state index contributed by atoms with van der Waals surface area (Å²) in [6, 6.07) is 13.9. The van der Waals surface area contributed by atoms with Crippen LogP contribution < -0.4 is 0 Å². The molecule has 0 atom stereocenters. The van der Waals surface area contributed by atoms with E-state index in [2.05, 4.69) is 18.7 Å². The Balaban J connectivity index is 2.21. The monoisotopic (exact) mass is 338 g/mol. The van der Waals surface area contributed by atoms with Crippen molar-refractivity contribution in [2.24, 2.45) is 0 Å². The Labute approximate surface area is 139 Å². The average Bonchev–Trinajstić information content (AvgIpc) is 2.49. The van der Waals surface area contributed by atoms with Gasteiger partial charge in [0, 0.05) is 21.2 Å². The zero-order valence-electron chi connectivity index (χ0n) is 11.7. The summed E-state index contributed by atoms with van der Waals surface area (Å²) >= 11 is 14.3. The van der Waals surface area contributed by atoms with E-state index in [0.29, 0.717) is 22.4 Å². The summed E-state index contributed by atoms with van der Waals surface area (Å²) < 4.78 is 5.43. The minimum absolute atomic E-state index is 0.548. The van der Waals surface area contributed by atoms with E-state index in [4.69, 9.17) is 27.9 Å². The first-order valence-electron chi connectivity index (χ1n) is 6.59. The molecule has 0 aliphatic carbocycles. The molecule has 110 valence electrons. The normalized spacial score (nSPS) is 10.4. The topological polar surface area (TPSA) is 9.23 Å². The van der Waals surface area contributed by atoms with Crippen LogP contribution in [0.4, 0.5) is 0 Å². The SMILES string of the molecule is C=C(OCC)c1cc(Cl)cc(SCc2ccccc2)c1Cl. The molecule has 2 aromatic carbocycles. The molecule has 0 saturated carbocycles. The van der Waals surface area contributed by atoms with Crippen molar-refractivity contribution in [3.8, 4) is 0 Å². The van der Waals surface area contributed by atoms with Crippen LogP contribution in [-0.4, -0.2) is 6.61 Å². The van der Waals surface area contributed by atoms with Crippen molar-refractivity contribution < 1.29 is 4.74 Å². The second-order valence-corrected chi connectivity index (χ2v) is 6.23. The average molecular weight is 339 g/mol. The van der Waals surface area contributed by atoms with E-state index < -0.39 is 0 Å². The second-order valence-electron chi connectivity index (χ2n) is 4.40. The largest absolute Gasteiger partial charge is 0.494 e. The van der Waals surface area contributed by atoms with Crippen molar-refractivity contribution in [1.29, 1.82) is 0 Å². The van der Waals surface area contributed by atoms with E-state index in [9.17, 15) is 0 Å². The maximum Gasteiger partial charge on any atom is 0.120 e. The molecule has 0 aliphatic heterocycles. The molecule has 0 aromatic heterocycles. The Morgan fingerprint density at radius 1 is 1.19 bits per heavy atom. The van der Waals surface area contributed by atoms with Crippen LogP contribution >= 0.6 is 35.0 Å². The second kappa shape index (κ2) is 7.79. The maximum atomic E-state index is 6.46. The number of rotatable bonds is 6. The van der Waals surface area contributed by atoms with Gasteiger partial charge in [-0.3, -0.25) is 0 Å². The first-order valence-corrected chi connectivity index (χ1v) is 8.33. The Morgan fingerprint density at radius 3 is 2.57 bits per heavy atom. The van der Waals surface area contributed by atoms with E-state index in [0.717, 1.165) is 16.2 Å². The van der Waals surface area contributed by atoms with Gasteiger partial charge in [0.15, 0.2) is 0 Å². The highest BCUT2D eigenvalue weighted by Crippen LogP contribution is 2.37. The van der Waals surface area contributed by atoms with Gasteiger partial charge in [0.2, 0.25) is 0 Å². The van der Waals surface area contributed by atoms with Crippen LogP contribution in [0.3, 0.4) is 0 Å². The zero-order chi connectivity index (χ0) is 15.2. The highest BCUT2D eigenvalue weighted by Gasteiger charge is 2.12. The molecule has 0 saturated heterocycles. The van der Waals surface area contributed by atoms with Crippen LogP contribution in [0, 0.1) is 0 Å². The van der Waals surface area contributed by atoms with E-state index >= 15 is 0 Å². The van der Waals surface area contributed by atoms with Crippen LogP contribution in [-0.2, 0) is 10.5 Å². The number of hydrogen-bond donors (Lipinski definition) is 0. The van der Waals surface area contributed by atoms with Gasteiger partial charge in [0.1, 0.15) is 5.76 Å². The summed E-state index contributed by atoms with van der Waals surface area (Å²) in [7, 11) is 0. The lowest BCUT2D eigenvalue weighted by Gasteiger charge is -2.13. The van der Waals surface area contributed by atoms with Crippen molar-refractivity contribution >= 4 is 40.7 Å². The molecule has 0 N–H and O–H groups in total. The van der Waals surface area contributed by atoms with Crippen LogP contribution in [0.1, 0.15) is 18.1 Å². The van der Waals surface area contributed by atoms with Crippen LogP contribution in [0.25, 0.3) is 5.76 Å². The van der Waals surface area contributed by atoms with Crippen LogP contribution in [0.2, 0.25) is 10.0 Å². The molecule has 0 heterocycles. The van der Waals surface area contributed by atoms with Crippen molar-refractivity contribution in [2.75, 3.05) is 6.61 Å². The fourth-order valence-electron chi connectivity index (χ4n) is 1.86. The Morgan fingerprint density at radius 2 is 1.90 bits per heavy atom. The molecule has 0 spiro atoms. The lowest BCUT2D eigenvalue weighted by atomic mass is 10.2. The third kappa shape index (κ3) is 4.44. The number of halogens is 2. The predicted octanol–water partition coefficient (Wildman–Crippen LogP) is 6.29. The maximum absolute atomic E-state index is 6.46. The molecule has 21 heavy (non-hydrogen) atoms. The lowest BCUT2D eigenvalue weighted by molar-refractivity contribution is 0.299. The van der Waals surface area contributed by atoms with Gasteiger partial charge in [-0.05, 0) is 24.6 Å². The van der Waals surface area contributed by atoms with Gasteiger partial charge in [-0.25, -0.2) is 0 Å². The minimum atomic E-state index is 0.548. The summed E-state index contributed by atoms with van der Waals surface area (Å²) in [6.07, 6.45) is 0. The molecule has 2 rings (SSSR count). The van der Waals surface area contributed by atoms with Crippen LogP contribution in [0.5, 0.6) is 0 Å². The molecule has 0 aliphatic rings. The van der Waals surface area contributed by atoms with Crippen molar-refractivity contribution in [3.63, 3.8) is 0 Å². The van der Waals surface area contributed by atoms with Gasteiger partial charge in [0.25, 0.3) is 0 Å². The first kappa shape index (κ1) is 16.3. The fourth-order valence-corrected chi connectivity index (χ4v) is 3.48. The molecular weight excluding hydrogens is 323 g/mol. The molecule has 0 unspecified atom stereocenters. The summed E-state index contributed by atoms with van der Waals surface area (Å²) in [6.45, 7) is 6.36. The molecule has 0 radical (unpaired) electrons. The number of benzene rings is 2. The summed E-state index contributed by atoms with van der Waals surface area (Å²) in [4.78, 5) is 0.934. The van der Waals surface area contributed by atoms with Gasteiger partial charge < -0.3 is 4.74 Å². The summed E-state index contributed by atoms with van der Waals surface area (Å²) in [5.41, 5.74) is 1.99. The van der Waals surface area contributed by atoms with Crippen molar-refractivity contribution in [2.45, 2.75) is 17.6 Å². The van der Waals surface area contributed by atoms with Gasteiger partial charge in [-0.2, -0.15) is 0 Å². The third-order valence-electron chi connectivity index (χ3n) is 2.86. The molecule has 0 bridgehead atoms. The molecule has 4 heteroatoms. The molecule has 0 amide bonds. The van der Waals surface area contributed by atoms with E-state index in [1.165, 1.54) is 5.56 Å². The Hall–Kier alpha value is -1.09. The number of thioether (sulfide) groups is 1. The minimum Gasteiger partial charge on any atom is -0.494 e. The van der Waals surface area contributed by atoms with Gasteiger partial charge in [-0.15, -0.1) is 11.8 Å². The van der Waals surface area contributed by atoms with Crippen molar-refractivity contribution in [3.05, 3.63) is 70.2 Å². The summed E-state index contributed by atoms with van der Waals surface area (Å²) in [5.74, 6) is 1.38. The standard InChI is InChI=1S/C17H16Cl2OS/c1-3-20-12(2)15-9-14(18)10-16(17(15)19)21-11-13-7-5-4-6-8-13/h4-10H,2-3,11H2,1H3. The van der Waals surface area contributed by atoms with E-state index in [1.54, 1.807) is 17.8 Å². The predicted molar refractivity (Wildman–Crippen MR) is 93.1 cm³/mol. The smallest absolute Gasteiger partial charge is 0.120 e. The molecular formula is C17H16Cl2OS. The molecule has 2 aromatic rings. The lowest BCUT2D eigenvalue weighted by Crippen LogP contribution is -1.93. The van der Waals surface area contributed by atoms with E-state index in [1.807, 2.05) is 31.2 Å². The quantitative estimate of drug-likeness (QED) is 0.452. The highest BCUT2D eigenvalue weighted by atomic mass is 35.5. The van der Waals surface area contributed by atoms with Gasteiger partial charge in [0.05, 0.1) is 11.6 Å². The van der Waals surface area contributed by atoms with Gasteiger partial charge in [-0.1, -0.05) is 60.1 Å². The fraction of sp³-hybridized carbons (Fsp3) is 0.176. The van der Waals surface area contributed by atoms with Crippen LogP contribution in [0.15, 0.2) is 53.9 Å². The highest BCUT2D eigenvalue weighted by molar-refractivity contribution is 7.98. The van der Waals surface area contributed by atoms with E-state index in [-0.39, 0.29) is 0 Å². The zero-order valence-corrected chi connectivity index (χ0v) is 14.1. The molecule has 0 fully saturated rings. The number of ether oxygens (including phenoxy) is 1. The Bertz CT molecular complexity index is 626. The van der Waals surface area contributed by atoms with Gasteiger partial charge >= 0.3 is 0 Å². The number of hydrogen-bond acceptors (Lipinski definition) is 2. The Kier molecular flexibility index (Phi) is 6.04.